The highest BCUT2D eigenvalue weighted by Crippen LogP contribution is 2.42. The molecule has 11 nitrogen and oxygen atoms in total. The van der Waals surface area contributed by atoms with E-state index in [2.05, 4.69) is 5.43 Å². The van der Waals surface area contributed by atoms with E-state index in [1.165, 1.54) is 6.07 Å². The summed E-state index contributed by atoms with van der Waals surface area (Å²) in [6.07, 6.45) is -0.541. The molecule has 0 atom stereocenters. The van der Waals surface area contributed by atoms with Crippen molar-refractivity contribution >= 4 is 34.6 Å². The number of rotatable bonds is 5. The number of carbonyl (C=O) groups is 3. The Morgan fingerprint density at radius 1 is 0.933 bits per heavy atom. The Morgan fingerprint density at radius 3 is 2.27 bits per heavy atom. The lowest BCUT2D eigenvalue weighted by atomic mass is 9.89. The summed E-state index contributed by atoms with van der Waals surface area (Å²) >= 11 is 0. The molecule has 2 aromatic carbocycles. The molecule has 0 spiro atoms. The molecule has 2 N–H and O–H groups in total. The van der Waals surface area contributed by atoms with Crippen LogP contribution in [0.1, 0.15) is 41.5 Å². The molecule has 236 valence electrons. The molecule has 1 saturated heterocycles. The van der Waals surface area contributed by atoms with Gasteiger partial charge in [0.2, 0.25) is 5.36 Å². The first-order chi connectivity index (χ1) is 21.2. The molecule has 1 fully saturated rings. The number of nitrogens with one attached hydrogen (secondary N) is 1. The highest BCUT2D eigenvalue weighted by atomic mass is 16.6. The van der Waals surface area contributed by atoms with Crippen molar-refractivity contribution in [3.05, 3.63) is 71.1 Å². The van der Waals surface area contributed by atoms with E-state index in [9.17, 15) is 19.5 Å². The Kier molecular flexibility index (Phi) is 8.57. The van der Waals surface area contributed by atoms with Crippen LogP contribution in [0.4, 0.5) is 10.5 Å². The fraction of sp³-hybridized carbons (Fsp3) is 0.353. The molecule has 3 aliphatic rings. The van der Waals surface area contributed by atoms with E-state index in [-0.39, 0.29) is 11.5 Å². The number of hydrogen-bond acceptors (Lipinski definition) is 7. The number of fused-ring (bicyclic) bond motifs is 2. The molecule has 2 aromatic rings. The number of hydrazine groups is 1. The van der Waals surface area contributed by atoms with Gasteiger partial charge in [0.15, 0.2) is 0 Å². The molecule has 0 saturated carbocycles. The minimum absolute atomic E-state index is 0.0834. The Morgan fingerprint density at radius 2 is 1.64 bits per heavy atom. The van der Waals surface area contributed by atoms with Gasteiger partial charge in [-0.2, -0.15) is 0 Å². The zero-order valence-electron chi connectivity index (χ0n) is 26.8. The standard InChI is InChI=1S/C34H39N5O6/c1-34(2,3)45-33(43)35-39-16-14-38(15-17-39)31(40)21-8-11-24(32(41)42)27(18-21)30-25-12-9-22(36(4)5)19-28(25)44-29-20-23(37(6)7)10-13-26(29)30/h8-13,18-20H,14-17H2,1-7H3,(H-,35,41,42,43)/p+1. The van der Waals surface area contributed by atoms with Crippen molar-refractivity contribution in [2.75, 3.05) is 59.3 Å². The molecular weight excluding hydrogens is 574 g/mol. The number of carbonyl (C=O) groups excluding carboxylic acids is 2. The molecule has 11 heteroatoms. The first kappa shape index (κ1) is 31.5. The number of aromatic carboxylic acids is 1. The van der Waals surface area contributed by atoms with E-state index in [1.54, 1.807) is 42.8 Å². The summed E-state index contributed by atoms with van der Waals surface area (Å²) in [5.74, 6) is -0.715. The normalized spacial score (nSPS) is 14.0. The van der Waals surface area contributed by atoms with Crippen LogP contribution < -0.4 is 20.3 Å². The van der Waals surface area contributed by atoms with Gasteiger partial charge in [-0.1, -0.05) is 0 Å². The third-order valence-electron chi connectivity index (χ3n) is 7.70. The highest BCUT2D eigenvalue weighted by molar-refractivity contribution is 6.09. The molecule has 5 rings (SSSR count). The van der Waals surface area contributed by atoms with Gasteiger partial charge in [0, 0.05) is 80.2 Å². The van der Waals surface area contributed by atoms with Gasteiger partial charge in [-0.3, -0.25) is 10.2 Å². The molecule has 2 heterocycles. The number of amides is 2. The fourth-order valence-electron chi connectivity index (χ4n) is 5.42. The second kappa shape index (κ2) is 12.2. The van der Waals surface area contributed by atoms with Gasteiger partial charge in [0.25, 0.3) is 5.91 Å². The van der Waals surface area contributed by atoms with E-state index in [4.69, 9.17) is 9.15 Å². The number of ether oxygens (including phenoxy) is 1. The number of piperazine rings is 1. The van der Waals surface area contributed by atoms with E-state index in [1.807, 2.05) is 74.1 Å². The molecule has 2 aliphatic heterocycles. The average Bonchev–Trinajstić information content (AvgIpc) is 2.97. The van der Waals surface area contributed by atoms with Gasteiger partial charge >= 0.3 is 12.1 Å². The van der Waals surface area contributed by atoms with E-state index >= 15 is 0 Å². The van der Waals surface area contributed by atoms with Gasteiger partial charge in [-0.25, -0.2) is 19.2 Å². The van der Waals surface area contributed by atoms with Crippen molar-refractivity contribution in [1.82, 2.24) is 19.9 Å². The van der Waals surface area contributed by atoms with Crippen LogP contribution in [0.2, 0.25) is 0 Å². The second-order valence-electron chi connectivity index (χ2n) is 12.6. The lowest BCUT2D eigenvalue weighted by molar-refractivity contribution is 0.0220. The minimum Gasteiger partial charge on any atom is -0.478 e. The predicted octanol–water partition coefficient (Wildman–Crippen LogP) is 4.20. The zero-order valence-corrected chi connectivity index (χ0v) is 26.8. The minimum atomic E-state index is -1.09. The summed E-state index contributed by atoms with van der Waals surface area (Å²) < 4.78 is 13.7. The lowest BCUT2D eigenvalue weighted by Crippen LogP contribution is -2.55. The van der Waals surface area contributed by atoms with Crippen LogP contribution in [0.25, 0.3) is 33.4 Å². The third-order valence-corrected chi connectivity index (χ3v) is 7.70. The summed E-state index contributed by atoms with van der Waals surface area (Å²) in [7, 11) is 7.77. The van der Waals surface area contributed by atoms with Crippen molar-refractivity contribution in [2.24, 2.45) is 0 Å². The largest absolute Gasteiger partial charge is 0.478 e. The van der Waals surface area contributed by atoms with Gasteiger partial charge in [-0.05, 0) is 62.7 Å². The Labute approximate surface area is 262 Å². The number of benzene rings is 3. The van der Waals surface area contributed by atoms with Gasteiger partial charge in [0.1, 0.15) is 31.0 Å². The van der Waals surface area contributed by atoms with E-state index < -0.39 is 17.7 Å². The monoisotopic (exact) mass is 614 g/mol. The summed E-state index contributed by atoms with van der Waals surface area (Å²) in [5, 5.41) is 13.7. The van der Waals surface area contributed by atoms with Crippen LogP contribution in [0.15, 0.2) is 59.0 Å². The van der Waals surface area contributed by atoms with Crippen molar-refractivity contribution < 1.29 is 28.6 Å². The first-order valence-electron chi connectivity index (χ1n) is 14.8. The average molecular weight is 615 g/mol. The molecule has 1 aliphatic carbocycles. The van der Waals surface area contributed by atoms with Gasteiger partial charge in [-0.15, -0.1) is 0 Å². The van der Waals surface area contributed by atoms with Crippen LogP contribution in [0.5, 0.6) is 0 Å². The Bertz CT molecular complexity index is 1830. The number of carboxylic acid groups (broad SMARTS) is 1. The summed E-state index contributed by atoms with van der Waals surface area (Å²) in [5.41, 5.74) is 5.96. The quantitative estimate of drug-likeness (QED) is 0.254. The second-order valence-corrected chi connectivity index (χ2v) is 12.6. The van der Waals surface area contributed by atoms with Crippen molar-refractivity contribution in [3.8, 4) is 22.5 Å². The molecule has 0 radical (unpaired) electrons. The van der Waals surface area contributed by atoms with Gasteiger partial charge in [0.05, 0.1) is 11.6 Å². The van der Waals surface area contributed by atoms with Crippen LogP contribution >= 0.6 is 0 Å². The summed E-state index contributed by atoms with van der Waals surface area (Å²) in [4.78, 5) is 42.2. The molecule has 0 bridgehead atoms. The van der Waals surface area contributed by atoms with Crippen LogP contribution in [0, 0.1) is 0 Å². The molecule has 0 aromatic heterocycles. The maximum atomic E-state index is 13.8. The maximum Gasteiger partial charge on any atom is 0.422 e. The van der Waals surface area contributed by atoms with Crippen LogP contribution in [-0.2, 0) is 4.74 Å². The third kappa shape index (κ3) is 6.78. The van der Waals surface area contributed by atoms with Crippen LogP contribution in [0.3, 0.4) is 0 Å². The molecular formula is C34H40N5O6+. The Hall–Kier alpha value is -4.90. The highest BCUT2D eigenvalue weighted by Gasteiger charge is 2.28. The maximum absolute atomic E-state index is 13.8. The van der Waals surface area contributed by atoms with Gasteiger partial charge < -0.3 is 24.1 Å². The Balaban J connectivity index is 1.55. The number of nitrogens with zero attached hydrogens (tertiary/aromatic N) is 4. The smallest absolute Gasteiger partial charge is 0.422 e. The summed E-state index contributed by atoms with van der Waals surface area (Å²) in [6.45, 7) is 6.98. The number of carboxylic acids is 1. The fourth-order valence-corrected chi connectivity index (χ4v) is 5.42. The predicted molar refractivity (Wildman–Crippen MR) is 174 cm³/mol. The molecule has 0 unspecified atom stereocenters. The molecule has 2 amide bonds. The van der Waals surface area contributed by atoms with E-state index in [0.717, 1.165) is 22.0 Å². The topological polar surface area (TPSA) is 119 Å². The first-order valence-corrected chi connectivity index (χ1v) is 14.8. The summed E-state index contributed by atoms with van der Waals surface area (Å²) in [6, 6.07) is 16.4. The van der Waals surface area contributed by atoms with Crippen molar-refractivity contribution in [1.29, 1.82) is 0 Å². The van der Waals surface area contributed by atoms with Crippen molar-refractivity contribution in [3.63, 3.8) is 0 Å². The number of anilines is 1. The zero-order chi connectivity index (χ0) is 32.6. The SMILES string of the molecule is CN(C)c1ccc2c(-c3cc(C(=O)N4CCN(NC(=O)OC(C)(C)C)CC4)ccc3C(=O)O)c3ccc(=[N+](C)C)cc-3oc2c1. The van der Waals surface area contributed by atoms with Crippen LogP contribution in [-0.4, -0.2) is 93.0 Å². The van der Waals surface area contributed by atoms with Crippen molar-refractivity contribution in [2.45, 2.75) is 26.4 Å². The van der Waals surface area contributed by atoms with E-state index in [0.29, 0.717) is 54.2 Å². The number of hydrogen-bond donors (Lipinski definition) is 2. The lowest BCUT2D eigenvalue weighted by Gasteiger charge is -2.35. The molecule has 45 heavy (non-hydrogen) atoms.